The lowest BCUT2D eigenvalue weighted by atomic mass is 10.1. The van der Waals surface area contributed by atoms with Gasteiger partial charge in [-0.2, -0.15) is 0 Å². The van der Waals surface area contributed by atoms with Crippen LogP contribution < -0.4 is 9.64 Å². The van der Waals surface area contributed by atoms with Gasteiger partial charge in [0.1, 0.15) is 17.1 Å². The molecular weight excluding hydrogens is 401 g/mol. The lowest BCUT2D eigenvalue weighted by Crippen LogP contribution is -2.31. The molecule has 0 atom stereocenters. The maximum Gasteiger partial charge on any atom is 0.233 e. The molecule has 0 aliphatic rings. The predicted octanol–water partition coefficient (Wildman–Crippen LogP) is 4.92. The van der Waals surface area contributed by atoms with Crippen molar-refractivity contribution in [3.63, 3.8) is 0 Å². The maximum atomic E-state index is 13.3. The van der Waals surface area contributed by atoms with Crippen LogP contribution in [0.25, 0.3) is 10.2 Å². The van der Waals surface area contributed by atoms with E-state index in [1.807, 2.05) is 31.2 Å². The number of carbonyl (C=O) groups excluding carboxylic acids is 1. The summed E-state index contributed by atoms with van der Waals surface area (Å²) in [5.41, 5.74) is 3.51. The fourth-order valence-electron chi connectivity index (χ4n) is 3.18. The number of halogens is 1. The summed E-state index contributed by atoms with van der Waals surface area (Å²) in [4.78, 5) is 23.7. The van der Waals surface area contributed by atoms with Gasteiger partial charge in [-0.1, -0.05) is 29.5 Å². The molecule has 0 saturated carbocycles. The third-order valence-electron chi connectivity index (χ3n) is 4.80. The van der Waals surface area contributed by atoms with Gasteiger partial charge >= 0.3 is 0 Å². The van der Waals surface area contributed by atoms with Crippen LogP contribution in [0.2, 0.25) is 0 Å². The average Bonchev–Trinajstić information content (AvgIpc) is 3.21. The summed E-state index contributed by atoms with van der Waals surface area (Å²) in [6, 6.07) is 13.6. The van der Waals surface area contributed by atoms with E-state index in [1.165, 1.54) is 23.5 Å². The monoisotopic (exact) mass is 421 g/mol. The Kier molecular flexibility index (Phi) is 5.72. The van der Waals surface area contributed by atoms with E-state index in [9.17, 15) is 9.18 Å². The number of benzene rings is 2. The molecule has 0 N–H and O–H groups in total. The Balaban J connectivity index is 1.73. The first-order valence-corrected chi connectivity index (χ1v) is 10.2. The number of hydrogen-bond donors (Lipinski definition) is 0. The van der Waals surface area contributed by atoms with Crippen LogP contribution in [0.4, 0.5) is 9.52 Å². The molecule has 30 heavy (non-hydrogen) atoms. The topological polar surface area (TPSA) is 55.3 Å². The fourth-order valence-corrected chi connectivity index (χ4v) is 4.25. The van der Waals surface area contributed by atoms with Crippen LogP contribution in [0.5, 0.6) is 5.75 Å². The van der Waals surface area contributed by atoms with Crippen molar-refractivity contribution >= 4 is 32.6 Å². The summed E-state index contributed by atoms with van der Waals surface area (Å²) in [5, 5.41) is 0.599. The third-order valence-corrected chi connectivity index (χ3v) is 6.02. The zero-order valence-corrected chi connectivity index (χ0v) is 17.4. The van der Waals surface area contributed by atoms with Crippen molar-refractivity contribution in [2.75, 3.05) is 12.0 Å². The Morgan fingerprint density at radius 2 is 1.80 bits per heavy atom. The highest BCUT2D eigenvalue weighted by atomic mass is 32.1. The number of hydrogen-bond acceptors (Lipinski definition) is 5. The van der Waals surface area contributed by atoms with Crippen LogP contribution in [0.3, 0.4) is 0 Å². The quantitative estimate of drug-likeness (QED) is 0.443. The van der Waals surface area contributed by atoms with E-state index < -0.39 is 0 Å². The van der Waals surface area contributed by atoms with Crippen LogP contribution in [0.1, 0.15) is 16.7 Å². The minimum absolute atomic E-state index is 0.117. The van der Waals surface area contributed by atoms with E-state index >= 15 is 0 Å². The van der Waals surface area contributed by atoms with E-state index in [0.717, 1.165) is 26.9 Å². The fraction of sp³-hybridized carbons (Fsp3) is 0.174. The van der Waals surface area contributed by atoms with E-state index in [0.29, 0.717) is 17.4 Å². The van der Waals surface area contributed by atoms with Gasteiger partial charge in [0.25, 0.3) is 0 Å². The third kappa shape index (κ3) is 4.16. The molecule has 0 fully saturated rings. The highest BCUT2D eigenvalue weighted by molar-refractivity contribution is 7.22. The van der Waals surface area contributed by atoms with Gasteiger partial charge in [0.2, 0.25) is 5.91 Å². The number of pyridine rings is 1. The van der Waals surface area contributed by atoms with E-state index in [2.05, 4.69) is 4.98 Å². The van der Waals surface area contributed by atoms with Crippen molar-refractivity contribution in [3.8, 4) is 5.75 Å². The van der Waals surface area contributed by atoms with Crippen molar-refractivity contribution in [2.45, 2.75) is 19.9 Å². The second kappa shape index (κ2) is 8.59. The van der Waals surface area contributed by atoms with Gasteiger partial charge < -0.3 is 4.74 Å². The molecule has 0 radical (unpaired) electrons. The first-order chi connectivity index (χ1) is 14.5. The normalized spacial score (nSPS) is 10.9. The molecule has 7 heteroatoms. The number of methoxy groups -OCH3 is 1. The number of ether oxygens (including phenoxy) is 1. The van der Waals surface area contributed by atoms with Crippen LogP contribution >= 0.6 is 11.3 Å². The highest BCUT2D eigenvalue weighted by Gasteiger charge is 2.22. The maximum absolute atomic E-state index is 13.3. The molecule has 0 unspecified atom stereocenters. The van der Waals surface area contributed by atoms with Gasteiger partial charge in [0, 0.05) is 12.4 Å². The Morgan fingerprint density at radius 3 is 2.50 bits per heavy atom. The summed E-state index contributed by atoms with van der Waals surface area (Å²) in [7, 11) is 1.61. The molecule has 2 aromatic carbocycles. The second-order valence-electron chi connectivity index (χ2n) is 6.90. The van der Waals surface area contributed by atoms with Crippen LogP contribution in [0.15, 0.2) is 60.9 Å². The number of aryl methyl sites for hydroxylation is 1. The van der Waals surface area contributed by atoms with Crippen molar-refractivity contribution < 1.29 is 13.9 Å². The number of rotatable bonds is 6. The molecule has 0 spiro atoms. The molecule has 4 rings (SSSR count). The van der Waals surface area contributed by atoms with Gasteiger partial charge in [0.15, 0.2) is 5.13 Å². The second-order valence-corrected chi connectivity index (χ2v) is 7.88. The largest absolute Gasteiger partial charge is 0.494 e. The zero-order chi connectivity index (χ0) is 21.1. The van der Waals surface area contributed by atoms with Crippen LogP contribution in [-0.4, -0.2) is 23.0 Å². The van der Waals surface area contributed by atoms with Gasteiger partial charge in [-0.15, -0.1) is 0 Å². The summed E-state index contributed by atoms with van der Waals surface area (Å²) in [5.74, 6) is 0.232. The van der Waals surface area contributed by atoms with Crippen LogP contribution in [0, 0.1) is 12.7 Å². The lowest BCUT2D eigenvalue weighted by Gasteiger charge is -2.20. The first kappa shape index (κ1) is 20.0. The van der Waals surface area contributed by atoms with Gasteiger partial charge in [0.05, 0.1) is 24.8 Å². The van der Waals surface area contributed by atoms with Crippen molar-refractivity contribution in [1.82, 2.24) is 9.97 Å². The molecule has 4 aromatic rings. The zero-order valence-electron chi connectivity index (χ0n) is 16.6. The molecule has 0 aliphatic carbocycles. The molecule has 152 valence electrons. The molecule has 2 heterocycles. The summed E-state index contributed by atoms with van der Waals surface area (Å²) in [6.45, 7) is 2.38. The molecule has 0 bridgehead atoms. The average molecular weight is 421 g/mol. The van der Waals surface area contributed by atoms with Gasteiger partial charge in [-0.3, -0.25) is 14.7 Å². The molecule has 1 amide bonds. The molecule has 2 aromatic heterocycles. The number of carbonyl (C=O) groups is 1. The van der Waals surface area contributed by atoms with E-state index in [4.69, 9.17) is 9.72 Å². The number of anilines is 1. The van der Waals surface area contributed by atoms with Gasteiger partial charge in [-0.25, -0.2) is 9.37 Å². The minimum Gasteiger partial charge on any atom is -0.494 e. The molecule has 5 nitrogen and oxygen atoms in total. The number of aromatic nitrogens is 2. The Bertz CT molecular complexity index is 1180. The predicted molar refractivity (Wildman–Crippen MR) is 116 cm³/mol. The summed E-state index contributed by atoms with van der Waals surface area (Å²) < 4.78 is 19.7. The molecule has 0 aliphatic heterocycles. The van der Waals surface area contributed by atoms with Gasteiger partial charge in [-0.05, 0) is 53.9 Å². The van der Waals surface area contributed by atoms with Crippen molar-refractivity contribution in [1.29, 1.82) is 0 Å². The molecular formula is C23H20FN3O2S. The Morgan fingerprint density at radius 1 is 1.07 bits per heavy atom. The SMILES string of the molecule is COc1ccc(C)c2sc(N(Cc3ccncc3)C(=O)Cc3ccc(F)cc3)nc12. The Hall–Kier alpha value is -3.32. The number of nitrogens with zero attached hydrogens (tertiary/aromatic N) is 3. The number of amides is 1. The molecule has 0 saturated heterocycles. The van der Waals surface area contributed by atoms with Crippen molar-refractivity contribution in [2.24, 2.45) is 0 Å². The standard InChI is InChI=1S/C23H20FN3O2S/c1-15-3-8-19(29-2)21-22(15)30-23(26-21)27(14-17-9-11-25-12-10-17)20(28)13-16-4-6-18(24)7-5-16/h3-12H,13-14H2,1-2H3. The Labute approximate surface area is 177 Å². The van der Waals surface area contributed by atoms with Crippen molar-refractivity contribution in [3.05, 3.63) is 83.4 Å². The lowest BCUT2D eigenvalue weighted by molar-refractivity contribution is -0.118. The highest BCUT2D eigenvalue weighted by Crippen LogP contribution is 2.37. The van der Waals surface area contributed by atoms with E-state index in [-0.39, 0.29) is 18.1 Å². The summed E-state index contributed by atoms with van der Waals surface area (Å²) in [6.07, 6.45) is 3.55. The van der Waals surface area contributed by atoms with Crippen LogP contribution in [-0.2, 0) is 17.8 Å². The summed E-state index contributed by atoms with van der Waals surface area (Å²) >= 11 is 1.46. The van der Waals surface area contributed by atoms with E-state index in [1.54, 1.807) is 36.5 Å². The number of fused-ring (bicyclic) bond motifs is 1. The number of thiazole rings is 1. The first-order valence-electron chi connectivity index (χ1n) is 9.43. The smallest absolute Gasteiger partial charge is 0.233 e. The minimum atomic E-state index is -0.325.